The molecule has 0 amide bonds. The number of hydrogen-bond donors (Lipinski definition) is 2. The largest absolute Gasteiger partial charge is 0.368 e. The summed E-state index contributed by atoms with van der Waals surface area (Å²) in [6.45, 7) is 1.91. The summed E-state index contributed by atoms with van der Waals surface area (Å²) in [5, 5.41) is 16.8. The quantitative estimate of drug-likeness (QED) is 0.667. The summed E-state index contributed by atoms with van der Waals surface area (Å²) >= 11 is 3.22. The Morgan fingerprint density at radius 1 is 1.67 bits per heavy atom. The summed E-state index contributed by atoms with van der Waals surface area (Å²) in [4.78, 5) is 0. The molecule has 0 aliphatic carbocycles. The second-order valence-corrected chi connectivity index (χ2v) is 3.10. The van der Waals surface area contributed by atoms with Crippen molar-refractivity contribution in [3.05, 3.63) is 10.6 Å². The van der Waals surface area contributed by atoms with Crippen molar-refractivity contribution in [3.63, 3.8) is 0 Å². The molecule has 2 N–H and O–H groups in total. The van der Waals surface area contributed by atoms with Crippen LogP contribution in [0, 0.1) is 0 Å². The topological polar surface area (TPSA) is 40.5 Å². The third kappa shape index (κ3) is 8.14. The predicted octanol–water partition coefficient (Wildman–Crippen LogP) is 1.38. The highest BCUT2D eigenvalue weighted by atomic mass is 79.9. The first-order valence-corrected chi connectivity index (χ1v) is 3.60. The fraction of sp³-hybridized carbons (Fsp3) is 0.667. The van der Waals surface area contributed by atoms with Crippen molar-refractivity contribution in [2.24, 2.45) is 0 Å². The van der Waals surface area contributed by atoms with E-state index in [4.69, 9.17) is 10.2 Å². The number of hydrogen-bond acceptors (Lipinski definition) is 2. The van der Waals surface area contributed by atoms with E-state index in [0.29, 0.717) is 12.8 Å². The second kappa shape index (κ2) is 4.97. The maximum Gasteiger partial charge on any atom is 0.151 e. The predicted molar refractivity (Wildman–Crippen MR) is 40.1 cm³/mol. The summed E-state index contributed by atoms with van der Waals surface area (Å²) in [5.41, 5.74) is 0. The molecule has 0 aliphatic rings. The Hall–Kier alpha value is 0.140. The maximum atomic E-state index is 8.38. The van der Waals surface area contributed by atoms with Crippen molar-refractivity contribution in [2.75, 3.05) is 0 Å². The van der Waals surface area contributed by atoms with Gasteiger partial charge in [-0.1, -0.05) is 22.0 Å². The van der Waals surface area contributed by atoms with E-state index in [0.717, 1.165) is 4.48 Å². The molecule has 0 unspecified atom stereocenters. The van der Waals surface area contributed by atoms with Gasteiger partial charge in [0.05, 0.1) is 0 Å². The summed E-state index contributed by atoms with van der Waals surface area (Å²) in [6.07, 6.45) is 1.84. The third-order valence-electron chi connectivity index (χ3n) is 0.850. The zero-order chi connectivity index (χ0) is 7.28. The van der Waals surface area contributed by atoms with Crippen molar-refractivity contribution in [1.82, 2.24) is 0 Å². The van der Waals surface area contributed by atoms with Crippen LogP contribution in [0.3, 0.4) is 0 Å². The van der Waals surface area contributed by atoms with Crippen molar-refractivity contribution in [3.8, 4) is 0 Å². The van der Waals surface area contributed by atoms with E-state index in [1.165, 1.54) is 0 Å². The van der Waals surface area contributed by atoms with Gasteiger partial charge in [0.25, 0.3) is 0 Å². The highest BCUT2D eigenvalue weighted by Gasteiger charge is 1.92. The summed E-state index contributed by atoms with van der Waals surface area (Å²) in [6, 6.07) is 0. The SMILES string of the molecule is C/C(Br)=C\CCC(O)O. The highest BCUT2D eigenvalue weighted by Crippen LogP contribution is 2.05. The molecule has 0 atom stereocenters. The van der Waals surface area contributed by atoms with Crippen molar-refractivity contribution in [2.45, 2.75) is 26.1 Å². The molecule has 0 radical (unpaired) electrons. The Balaban J connectivity index is 3.20. The van der Waals surface area contributed by atoms with Crippen LogP contribution in [0.25, 0.3) is 0 Å². The smallest absolute Gasteiger partial charge is 0.151 e. The molecule has 0 aliphatic heterocycles. The lowest BCUT2D eigenvalue weighted by Crippen LogP contribution is -2.01. The van der Waals surface area contributed by atoms with E-state index in [-0.39, 0.29) is 0 Å². The molecule has 0 aromatic rings. The number of aliphatic hydroxyl groups excluding tert-OH is 1. The van der Waals surface area contributed by atoms with Crippen LogP contribution in [0.1, 0.15) is 19.8 Å². The molecule has 0 saturated carbocycles. The lowest BCUT2D eigenvalue weighted by Gasteiger charge is -1.97. The molecule has 0 fully saturated rings. The van der Waals surface area contributed by atoms with Gasteiger partial charge in [0.15, 0.2) is 6.29 Å². The van der Waals surface area contributed by atoms with Gasteiger partial charge in [-0.05, 0) is 17.8 Å². The van der Waals surface area contributed by atoms with Gasteiger partial charge in [-0.25, -0.2) is 0 Å². The van der Waals surface area contributed by atoms with Gasteiger partial charge < -0.3 is 10.2 Å². The highest BCUT2D eigenvalue weighted by molar-refractivity contribution is 9.11. The summed E-state index contributed by atoms with van der Waals surface area (Å²) in [7, 11) is 0. The minimum absolute atomic E-state index is 0.406. The Morgan fingerprint density at radius 2 is 2.22 bits per heavy atom. The van der Waals surface area contributed by atoms with Crippen LogP contribution in [-0.4, -0.2) is 16.5 Å². The van der Waals surface area contributed by atoms with Crippen LogP contribution in [0.2, 0.25) is 0 Å². The maximum absolute atomic E-state index is 8.38. The molecule has 0 saturated heterocycles. The van der Waals surface area contributed by atoms with Crippen molar-refractivity contribution < 1.29 is 10.2 Å². The van der Waals surface area contributed by atoms with Crippen LogP contribution >= 0.6 is 15.9 Å². The summed E-state index contributed by atoms with van der Waals surface area (Å²) in [5.74, 6) is 0. The van der Waals surface area contributed by atoms with Gasteiger partial charge in [-0.15, -0.1) is 0 Å². The zero-order valence-electron chi connectivity index (χ0n) is 5.34. The molecule has 54 valence electrons. The van der Waals surface area contributed by atoms with E-state index in [1.54, 1.807) is 0 Å². The van der Waals surface area contributed by atoms with Gasteiger partial charge in [0.1, 0.15) is 0 Å². The van der Waals surface area contributed by atoms with E-state index in [9.17, 15) is 0 Å². The first-order chi connectivity index (χ1) is 4.13. The number of rotatable bonds is 3. The molecule has 0 rings (SSSR count). The van der Waals surface area contributed by atoms with E-state index < -0.39 is 6.29 Å². The molecular weight excluding hydrogens is 184 g/mol. The Kier molecular flexibility index (Phi) is 5.04. The zero-order valence-corrected chi connectivity index (χ0v) is 6.93. The second-order valence-electron chi connectivity index (χ2n) is 1.85. The minimum Gasteiger partial charge on any atom is -0.368 e. The van der Waals surface area contributed by atoms with Crippen LogP contribution < -0.4 is 0 Å². The first kappa shape index (κ1) is 9.14. The van der Waals surface area contributed by atoms with Crippen LogP contribution in [0.5, 0.6) is 0 Å². The molecular formula is C6H11BrO2. The van der Waals surface area contributed by atoms with Gasteiger partial charge in [0.2, 0.25) is 0 Å². The monoisotopic (exact) mass is 194 g/mol. The molecule has 0 aromatic heterocycles. The average Bonchev–Trinajstić information content (AvgIpc) is 1.63. The molecule has 2 nitrogen and oxygen atoms in total. The molecule has 9 heavy (non-hydrogen) atoms. The molecule has 0 spiro atoms. The third-order valence-corrected chi connectivity index (χ3v) is 1.17. The number of aliphatic hydroxyl groups is 2. The minimum atomic E-state index is -1.17. The number of halogens is 1. The summed E-state index contributed by atoms with van der Waals surface area (Å²) < 4.78 is 1.03. The molecule has 0 heterocycles. The molecule has 0 bridgehead atoms. The van der Waals surface area contributed by atoms with Gasteiger partial charge in [0, 0.05) is 6.42 Å². The van der Waals surface area contributed by atoms with Gasteiger partial charge in [-0.3, -0.25) is 0 Å². The first-order valence-electron chi connectivity index (χ1n) is 2.81. The lowest BCUT2D eigenvalue weighted by molar-refractivity contribution is -0.0442. The van der Waals surface area contributed by atoms with Crippen LogP contribution in [-0.2, 0) is 0 Å². The van der Waals surface area contributed by atoms with E-state index in [1.807, 2.05) is 13.0 Å². The van der Waals surface area contributed by atoms with E-state index in [2.05, 4.69) is 15.9 Å². The molecule has 0 aromatic carbocycles. The fourth-order valence-corrected chi connectivity index (χ4v) is 0.660. The normalized spacial score (nSPS) is 12.8. The van der Waals surface area contributed by atoms with Gasteiger partial charge in [-0.2, -0.15) is 0 Å². The Bertz CT molecular complexity index is 95.2. The standard InChI is InChI=1S/C6H11BrO2/c1-5(7)3-2-4-6(8)9/h3,6,8-9H,2,4H2,1H3/b5-3+. The lowest BCUT2D eigenvalue weighted by atomic mass is 10.3. The Labute approximate surface area is 63.3 Å². The average molecular weight is 195 g/mol. The number of allylic oxidation sites excluding steroid dienone is 2. The Morgan fingerprint density at radius 3 is 2.56 bits per heavy atom. The van der Waals surface area contributed by atoms with Crippen molar-refractivity contribution >= 4 is 15.9 Å². The van der Waals surface area contributed by atoms with Crippen LogP contribution in [0.15, 0.2) is 10.6 Å². The van der Waals surface area contributed by atoms with Crippen molar-refractivity contribution in [1.29, 1.82) is 0 Å². The van der Waals surface area contributed by atoms with Crippen LogP contribution in [0.4, 0.5) is 0 Å². The van der Waals surface area contributed by atoms with Gasteiger partial charge >= 0.3 is 0 Å². The fourth-order valence-electron chi connectivity index (χ4n) is 0.431. The molecule has 3 heteroatoms. The van der Waals surface area contributed by atoms with E-state index >= 15 is 0 Å².